The summed E-state index contributed by atoms with van der Waals surface area (Å²) in [6, 6.07) is 13.9. The van der Waals surface area contributed by atoms with Crippen LogP contribution in [0.15, 0.2) is 73.8 Å². The fourth-order valence-electron chi connectivity index (χ4n) is 7.59. The molecular weight excluding hydrogens is 602 g/mol. The van der Waals surface area contributed by atoms with E-state index in [9.17, 15) is 19.5 Å². The average molecular weight is 648 g/mol. The lowest BCUT2D eigenvalue weighted by Gasteiger charge is -2.38. The number of benzene rings is 2. The highest BCUT2D eigenvalue weighted by Gasteiger charge is 2.77. The van der Waals surface area contributed by atoms with Gasteiger partial charge in [0.2, 0.25) is 11.8 Å². The third-order valence-electron chi connectivity index (χ3n) is 9.58. The van der Waals surface area contributed by atoms with Crippen LogP contribution in [-0.4, -0.2) is 83.2 Å². The van der Waals surface area contributed by atoms with Gasteiger partial charge in [-0.25, -0.2) is 0 Å². The Balaban J connectivity index is 1.55. The summed E-state index contributed by atoms with van der Waals surface area (Å²) < 4.78 is 9.65. The van der Waals surface area contributed by atoms with E-state index in [-0.39, 0.29) is 37.4 Å². The quantitative estimate of drug-likeness (QED) is 0.213. The van der Waals surface area contributed by atoms with E-state index in [2.05, 4.69) is 20.1 Å². The molecule has 0 aromatic heterocycles. The van der Waals surface area contributed by atoms with E-state index in [4.69, 9.17) is 9.47 Å². The number of unbranched alkanes of at least 4 members (excludes halogenated alkanes) is 1. The molecule has 2 unspecified atom stereocenters. The molecule has 0 saturated carbocycles. The van der Waals surface area contributed by atoms with Crippen LogP contribution in [0.3, 0.4) is 0 Å². The molecule has 2 aromatic rings. The second-order valence-electron chi connectivity index (χ2n) is 12.3. The number of aliphatic hydroxyl groups excluding tert-OH is 1. The van der Waals surface area contributed by atoms with Crippen molar-refractivity contribution in [2.45, 2.75) is 55.1 Å². The number of amides is 3. The van der Waals surface area contributed by atoms with Crippen LogP contribution in [0.2, 0.25) is 0 Å². The molecule has 3 aliphatic heterocycles. The number of thioether (sulfide) groups is 1. The van der Waals surface area contributed by atoms with E-state index in [1.165, 1.54) is 0 Å². The van der Waals surface area contributed by atoms with Gasteiger partial charge in [-0.1, -0.05) is 12.2 Å². The summed E-state index contributed by atoms with van der Waals surface area (Å²) in [4.78, 5) is 49.2. The van der Waals surface area contributed by atoms with Gasteiger partial charge >= 0.3 is 0 Å². The van der Waals surface area contributed by atoms with Crippen LogP contribution in [-0.2, 0) is 14.4 Å². The van der Waals surface area contributed by atoms with Crippen LogP contribution in [0.25, 0.3) is 0 Å². The summed E-state index contributed by atoms with van der Waals surface area (Å²) in [6.07, 6.45) is 5.79. The van der Waals surface area contributed by atoms with Gasteiger partial charge in [0.05, 0.1) is 30.3 Å². The van der Waals surface area contributed by atoms with E-state index in [0.717, 1.165) is 0 Å². The summed E-state index contributed by atoms with van der Waals surface area (Å²) in [6.45, 7) is 13.2. The van der Waals surface area contributed by atoms with E-state index in [0.29, 0.717) is 61.7 Å². The minimum atomic E-state index is -0.771. The third-order valence-corrected chi connectivity index (χ3v) is 11.6. The topological polar surface area (TPSA) is 99.6 Å². The van der Waals surface area contributed by atoms with Gasteiger partial charge < -0.3 is 29.3 Å². The zero-order valence-electron chi connectivity index (χ0n) is 27.0. The molecule has 1 spiro atoms. The molecule has 10 heteroatoms. The largest absolute Gasteiger partial charge is 0.497 e. The van der Waals surface area contributed by atoms with Crippen molar-refractivity contribution in [1.29, 1.82) is 0 Å². The molecule has 0 radical (unpaired) electrons. The lowest BCUT2D eigenvalue weighted by Crippen LogP contribution is -2.55. The molecule has 3 heterocycles. The van der Waals surface area contributed by atoms with Crippen LogP contribution >= 0.6 is 11.8 Å². The molecular formula is C36H45N3O6S. The van der Waals surface area contributed by atoms with Crippen LogP contribution in [0.4, 0.5) is 11.4 Å². The van der Waals surface area contributed by atoms with Crippen LogP contribution in [0.1, 0.15) is 39.5 Å². The van der Waals surface area contributed by atoms with E-state index in [1.54, 1.807) is 57.9 Å². The maximum absolute atomic E-state index is 14.8. The minimum absolute atomic E-state index is 0.00379. The number of ether oxygens (including phenoxy) is 2. The van der Waals surface area contributed by atoms with Crippen molar-refractivity contribution in [1.82, 2.24) is 4.90 Å². The Morgan fingerprint density at radius 1 is 0.978 bits per heavy atom. The maximum atomic E-state index is 14.8. The van der Waals surface area contributed by atoms with Crippen molar-refractivity contribution in [3.05, 3.63) is 73.8 Å². The minimum Gasteiger partial charge on any atom is -0.497 e. The summed E-state index contributed by atoms with van der Waals surface area (Å²) in [5.41, 5.74) is 1.38. The number of hydrogen-bond acceptors (Lipinski definition) is 7. The van der Waals surface area contributed by atoms with Gasteiger partial charge in [0.25, 0.3) is 5.91 Å². The van der Waals surface area contributed by atoms with Gasteiger partial charge in [-0.15, -0.1) is 24.9 Å². The molecule has 5 atom stereocenters. The summed E-state index contributed by atoms with van der Waals surface area (Å²) in [5.74, 6) is -0.397. The van der Waals surface area contributed by atoms with Crippen molar-refractivity contribution in [3.63, 3.8) is 0 Å². The number of nitrogens with zero attached hydrogens (tertiary/aromatic N) is 3. The first-order valence-electron chi connectivity index (χ1n) is 16.0. The van der Waals surface area contributed by atoms with Crippen molar-refractivity contribution in [3.8, 4) is 11.5 Å². The number of carbonyl (C=O) groups excluding carboxylic acids is 3. The number of aliphatic hydroxyl groups is 1. The van der Waals surface area contributed by atoms with Crippen molar-refractivity contribution in [2.75, 3.05) is 49.8 Å². The molecule has 5 rings (SSSR count). The van der Waals surface area contributed by atoms with Crippen LogP contribution < -0.4 is 19.3 Å². The smallest absolute Gasteiger partial charge is 0.251 e. The van der Waals surface area contributed by atoms with E-state index in [1.807, 2.05) is 43.3 Å². The van der Waals surface area contributed by atoms with Crippen LogP contribution in [0.5, 0.6) is 11.5 Å². The van der Waals surface area contributed by atoms with Gasteiger partial charge in [0, 0.05) is 42.4 Å². The molecule has 2 aromatic carbocycles. The fourth-order valence-corrected chi connectivity index (χ4v) is 9.93. The number of anilines is 2. The highest BCUT2D eigenvalue weighted by Crippen LogP contribution is 2.71. The molecule has 3 amide bonds. The number of hydrogen-bond donors (Lipinski definition) is 1. The molecule has 9 nitrogen and oxygen atoms in total. The number of fused-ring (bicyclic) bond motifs is 1. The standard InChI is InChI=1S/C36H45N3O6S/c1-6-21-37(25-13-17-28(18-14-25)45-8-3)32(41)29-30-33(42)39(23-9-10-24-40)31(36(30)20-19-35(29,4)46-36)34(43)38(22-7-2)26-11-15-27(44-5)16-12-26/h6-7,11-18,29-31,40H,1-2,8-10,19-24H2,3-5H3/t29-,30+,31?,35+,36?/m1/s1. The van der Waals surface area contributed by atoms with Gasteiger partial charge in [0.1, 0.15) is 17.5 Å². The molecule has 0 aliphatic carbocycles. The monoisotopic (exact) mass is 647 g/mol. The van der Waals surface area contributed by atoms with Crippen molar-refractivity contribution in [2.24, 2.45) is 11.8 Å². The third kappa shape index (κ3) is 5.81. The first-order valence-corrected chi connectivity index (χ1v) is 16.8. The summed E-state index contributed by atoms with van der Waals surface area (Å²) >= 11 is 1.65. The predicted octanol–water partition coefficient (Wildman–Crippen LogP) is 5.09. The summed E-state index contributed by atoms with van der Waals surface area (Å²) in [5, 5.41) is 9.54. The predicted molar refractivity (Wildman–Crippen MR) is 182 cm³/mol. The maximum Gasteiger partial charge on any atom is 0.251 e. The first-order chi connectivity index (χ1) is 22.2. The van der Waals surface area contributed by atoms with Gasteiger partial charge in [-0.3, -0.25) is 14.4 Å². The highest BCUT2D eigenvalue weighted by atomic mass is 32.2. The Bertz CT molecular complexity index is 1450. The molecule has 246 valence electrons. The lowest BCUT2D eigenvalue weighted by atomic mass is 9.66. The Hall–Kier alpha value is -3.76. The number of likely N-dealkylation sites (tertiary alicyclic amines) is 1. The molecule has 3 aliphatic rings. The SMILES string of the molecule is C=CCN(C(=O)C1N(CCCCO)C(=O)[C@@H]2[C@H](C(=O)N(CC=C)c3ccc(OCC)cc3)[C@]3(C)CCC12S3)c1ccc(OC)cc1. The van der Waals surface area contributed by atoms with Crippen molar-refractivity contribution < 1.29 is 29.0 Å². The first kappa shape index (κ1) is 33.6. The number of methoxy groups -OCH3 is 1. The highest BCUT2D eigenvalue weighted by molar-refractivity contribution is 8.02. The Morgan fingerprint density at radius 3 is 2.11 bits per heavy atom. The Kier molecular flexibility index (Phi) is 10.2. The van der Waals surface area contributed by atoms with E-state index >= 15 is 0 Å². The van der Waals surface area contributed by atoms with Gasteiger partial charge in [0.15, 0.2) is 0 Å². The number of rotatable bonds is 15. The molecule has 3 saturated heterocycles. The second kappa shape index (κ2) is 13.9. The number of carbonyl (C=O) groups is 3. The van der Waals surface area contributed by atoms with Crippen molar-refractivity contribution >= 4 is 40.9 Å². The summed E-state index contributed by atoms with van der Waals surface area (Å²) in [7, 11) is 1.59. The average Bonchev–Trinajstić information content (AvgIpc) is 3.63. The van der Waals surface area contributed by atoms with E-state index < -0.39 is 27.4 Å². The molecule has 46 heavy (non-hydrogen) atoms. The normalized spacial score (nSPS) is 26.0. The zero-order chi connectivity index (χ0) is 33.1. The lowest BCUT2D eigenvalue weighted by molar-refractivity contribution is -0.139. The van der Waals surface area contributed by atoms with Crippen LogP contribution in [0, 0.1) is 11.8 Å². The van der Waals surface area contributed by atoms with Gasteiger partial charge in [-0.05, 0) is 88.1 Å². The Labute approximate surface area is 276 Å². The second-order valence-corrected chi connectivity index (χ2v) is 14.2. The molecule has 2 bridgehead atoms. The molecule has 3 fully saturated rings. The zero-order valence-corrected chi connectivity index (χ0v) is 27.8. The Morgan fingerprint density at radius 2 is 1.57 bits per heavy atom. The van der Waals surface area contributed by atoms with Gasteiger partial charge in [-0.2, -0.15) is 0 Å². The fraction of sp³-hybridized carbons (Fsp3) is 0.472. The molecule has 1 N–H and O–H groups in total.